The summed E-state index contributed by atoms with van der Waals surface area (Å²) in [5.74, 6) is 0. The van der Waals surface area contributed by atoms with E-state index >= 15 is 0 Å². The van der Waals surface area contributed by atoms with Gasteiger partial charge in [-0.3, -0.25) is 6.08 Å². The minimum Gasteiger partial charge on any atom is -0.273 e. The summed E-state index contributed by atoms with van der Waals surface area (Å²) in [4.78, 5) is 0. The predicted molar refractivity (Wildman–Crippen MR) is 216 cm³/mol. The molecule has 0 aliphatic heterocycles. The monoisotopic (exact) mass is 778 g/mol. The summed E-state index contributed by atoms with van der Waals surface area (Å²) in [5, 5.41) is 1.53. The number of allylic oxidation sites excluding steroid dienone is 4. The molecule has 0 radical (unpaired) electrons. The van der Waals surface area contributed by atoms with Crippen LogP contribution in [0.3, 0.4) is 0 Å². The van der Waals surface area contributed by atoms with E-state index in [0.29, 0.717) is 0 Å². The summed E-state index contributed by atoms with van der Waals surface area (Å²) < 4.78 is 1.31. The molecule has 2 aliphatic carbocycles. The zero-order valence-electron chi connectivity index (χ0n) is 32.3. The van der Waals surface area contributed by atoms with Gasteiger partial charge < -0.3 is 0 Å². The van der Waals surface area contributed by atoms with Crippen molar-refractivity contribution in [1.29, 1.82) is 0 Å². The van der Waals surface area contributed by atoms with E-state index in [4.69, 9.17) is 23.2 Å². The first-order valence-corrected chi connectivity index (χ1v) is 19.7. The fourth-order valence-corrected chi connectivity index (χ4v) is 7.44. The zero-order valence-corrected chi connectivity index (χ0v) is 36.2. The molecule has 2 aliphatic rings. The Kier molecular flexibility index (Phi) is 12.7. The van der Waals surface area contributed by atoms with Gasteiger partial charge in [0, 0.05) is 0 Å². The van der Waals surface area contributed by atoms with Crippen LogP contribution in [0.15, 0.2) is 85.0 Å². The van der Waals surface area contributed by atoms with Gasteiger partial charge in [0.15, 0.2) is 0 Å². The Bertz CT molecular complexity index is 1740. The van der Waals surface area contributed by atoms with Gasteiger partial charge in [-0.1, -0.05) is 106 Å². The first-order chi connectivity index (χ1) is 23.1. The van der Waals surface area contributed by atoms with Crippen LogP contribution in [-0.2, 0) is 52.3 Å². The molecule has 0 atom stereocenters. The van der Waals surface area contributed by atoms with Gasteiger partial charge in [-0.2, -0.15) is 23.8 Å². The molecule has 260 valence electrons. The Morgan fingerprint density at radius 1 is 0.600 bits per heavy atom. The van der Waals surface area contributed by atoms with Crippen LogP contribution >= 0.6 is 23.2 Å². The molecule has 0 heterocycles. The number of rotatable bonds is 2. The summed E-state index contributed by atoms with van der Waals surface area (Å²) >= 11 is 13.1. The van der Waals surface area contributed by atoms with Gasteiger partial charge in [0.05, 0.1) is 0 Å². The van der Waals surface area contributed by atoms with E-state index in [1.807, 2.05) is 60.7 Å². The Hall–Kier alpha value is -2.31. The molecule has 4 aromatic rings. The summed E-state index contributed by atoms with van der Waals surface area (Å²) in [6.45, 7) is 28.0. The van der Waals surface area contributed by atoms with Crippen molar-refractivity contribution in [3.63, 3.8) is 0 Å². The standard InChI is InChI=1S/C29H41.C13H8Cl2.C5H5.Zr/c1-26(2,3)22-14-18-13-19-15-23(27(4,5)6)25(29(10,11)12)17-21(19)20(18)16-24(22)28(7,8)9;14-12-5-1-10(2-6-12)9-11-3-7-13(15)8-4-11;1-2-4-5-3-1;/h14,16-17H,13H2,1-12H3;1-8H;1-3H,4H2;/q-1;;-1;+2. The van der Waals surface area contributed by atoms with Crippen molar-refractivity contribution in [1.82, 2.24) is 0 Å². The average Bonchev–Trinajstić information content (AvgIpc) is 3.71. The van der Waals surface area contributed by atoms with Crippen molar-refractivity contribution in [2.75, 3.05) is 0 Å². The Balaban J connectivity index is 0.000000221. The van der Waals surface area contributed by atoms with E-state index in [0.717, 1.165) is 22.9 Å². The molecule has 0 fully saturated rings. The van der Waals surface area contributed by atoms with E-state index in [-0.39, 0.29) is 21.7 Å². The zero-order chi connectivity index (χ0) is 37.2. The van der Waals surface area contributed by atoms with E-state index < -0.39 is 0 Å². The van der Waals surface area contributed by atoms with E-state index in [1.54, 1.807) is 0 Å². The minimum absolute atomic E-state index is 0.0968. The Morgan fingerprint density at radius 3 is 1.44 bits per heavy atom. The van der Waals surface area contributed by atoms with Crippen LogP contribution < -0.4 is 0 Å². The van der Waals surface area contributed by atoms with Gasteiger partial charge in [0.25, 0.3) is 0 Å². The van der Waals surface area contributed by atoms with Crippen molar-refractivity contribution >= 4 is 26.4 Å². The van der Waals surface area contributed by atoms with Gasteiger partial charge in [-0.25, -0.2) is 12.2 Å². The second-order valence-electron chi connectivity index (χ2n) is 17.6. The van der Waals surface area contributed by atoms with Crippen LogP contribution in [0, 0.1) is 12.1 Å². The first kappa shape index (κ1) is 40.5. The molecule has 0 N–H and O–H groups in total. The Morgan fingerprint density at radius 2 is 1.06 bits per heavy atom. The average molecular weight is 781 g/mol. The maximum Gasteiger partial charge on any atom is -0.109 e. The minimum atomic E-state index is 0.0968. The van der Waals surface area contributed by atoms with Crippen molar-refractivity contribution in [3.8, 4) is 11.1 Å². The Labute approximate surface area is 328 Å². The molecule has 0 unspecified atom stereocenters. The van der Waals surface area contributed by atoms with Crippen molar-refractivity contribution in [2.45, 2.75) is 118 Å². The largest absolute Gasteiger partial charge is 0.273 e. The summed E-state index contributed by atoms with van der Waals surface area (Å²) in [7, 11) is 0. The van der Waals surface area contributed by atoms with E-state index in [9.17, 15) is 0 Å². The van der Waals surface area contributed by atoms with E-state index in [2.05, 4.69) is 120 Å². The molecule has 6 rings (SSSR count). The number of hydrogen-bond donors (Lipinski definition) is 0. The molecule has 3 heteroatoms. The molecular formula is C47H54Cl2Zr. The third kappa shape index (κ3) is 10.2. The second kappa shape index (κ2) is 15.7. The molecule has 0 spiro atoms. The molecule has 0 bridgehead atoms. The molecule has 0 aromatic heterocycles. The van der Waals surface area contributed by atoms with Gasteiger partial charge >= 0.3 is 120 Å². The molecule has 50 heavy (non-hydrogen) atoms. The third-order valence-corrected chi connectivity index (χ3v) is 11.0. The normalized spacial score (nSPS) is 13.6. The number of benzene rings is 4. The fourth-order valence-electron chi connectivity index (χ4n) is 6.36. The van der Waals surface area contributed by atoms with Crippen molar-refractivity contribution < 1.29 is 24.2 Å². The van der Waals surface area contributed by atoms with Crippen LogP contribution in [0.25, 0.3) is 11.1 Å². The van der Waals surface area contributed by atoms with Crippen LogP contribution in [-0.4, -0.2) is 3.21 Å². The molecule has 0 saturated carbocycles. The van der Waals surface area contributed by atoms with Crippen molar-refractivity contribution in [3.05, 3.63) is 152 Å². The van der Waals surface area contributed by atoms with Gasteiger partial charge in [-0.15, -0.1) is 23.1 Å². The number of hydrogen-bond acceptors (Lipinski definition) is 0. The van der Waals surface area contributed by atoms with E-state index in [1.165, 1.54) is 83.1 Å². The van der Waals surface area contributed by atoms with Crippen LogP contribution in [0.5, 0.6) is 0 Å². The maximum absolute atomic E-state index is 5.86. The van der Waals surface area contributed by atoms with Gasteiger partial charge in [-0.05, 0) is 39.4 Å². The first-order valence-electron chi connectivity index (χ1n) is 17.7. The second-order valence-corrected chi connectivity index (χ2v) is 19.7. The number of halogens is 2. The van der Waals surface area contributed by atoms with Gasteiger partial charge in [0.1, 0.15) is 0 Å². The van der Waals surface area contributed by atoms with Crippen LogP contribution in [0.4, 0.5) is 0 Å². The SMILES string of the molecule is CC(C)(C)c1[c-]c2c(cc1C(C)(C)C)-c1cc(C(C)(C)C)c(C(C)(C)C)cc1C2.Clc1ccc([C](=[Zr+2])c2ccc(Cl)cc2)cc1.[C-]1=CC=CC1. The maximum atomic E-state index is 5.86. The summed E-state index contributed by atoms with van der Waals surface area (Å²) in [6, 6.07) is 27.2. The van der Waals surface area contributed by atoms with Crippen LogP contribution in [0.2, 0.25) is 10.0 Å². The smallest absolute Gasteiger partial charge is 0.109 e. The molecule has 0 nitrogen and oxygen atoms in total. The quantitative estimate of drug-likeness (QED) is 0.157. The third-order valence-electron chi connectivity index (χ3n) is 9.09. The topological polar surface area (TPSA) is 0 Å². The number of fused-ring (bicyclic) bond motifs is 3. The predicted octanol–water partition coefficient (Wildman–Crippen LogP) is 13.7. The fraction of sp³-hybridized carbons (Fsp3) is 0.383. The molecular weight excluding hydrogens is 727 g/mol. The molecule has 0 saturated heterocycles. The van der Waals surface area contributed by atoms with Gasteiger partial charge in [0.2, 0.25) is 0 Å². The molecule has 0 amide bonds. The summed E-state index contributed by atoms with van der Waals surface area (Å²) in [5.41, 5.74) is 14.4. The van der Waals surface area contributed by atoms with Crippen molar-refractivity contribution in [2.24, 2.45) is 0 Å². The summed E-state index contributed by atoms with van der Waals surface area (Å²) in [6.07, 6.45) is 11.0. The van der Waals surface area contributed by atoms with Crippen LogP contribution in [0.1, 0.15) is 134 Å². The molecule has 4 aromatic carbocycles.